The molecule has 0 fully saturated rings. The summed E-state index contributed by atoms with van der Waals surface area (Å²) in [4.78, 5) is 12.2. The first-order valence-electron chi connectivity index (χ1n) is 7.45. The number of nitrogens with one attached hydrogen (secondary N) is 2. The van der Waals surface area contributed by atoms with Crippen LogP contribution in [-0.2, 0) is 0 Å². The summed E-state index contributed by atoms with van der Waals surface area (Å²) in [6.45, 7) is 1.80. The maximum absolute atomic E-state index is 12.2. The Bertz CT molecular complexity index is 915. The molecule has 7 heteroatoms. The first-order chi connectivity index (χ1) is 12.0. The largest absolute Gasteiger partial charge is 0.289 e. The van der Waals surface area contributed by atoms with Gasteiger partial charge in [0, 0.05) is 15.6 Å². The number of hydrogen-bond donors (Lipinski definition) is 2. The van der Waals surface area contributed by atoms with Crippen LogP contribution in [0.4, 0.5) is 0 Å². The number of aromatic amines is 1. The maximum atomic E-state index is 12.2. The minimum absolute atomic E-state index is 0.317. The van der Waals surface area contributed by atoms with Gasteiger partial charge < -0.3 is 0 Å². The summed E-state index contributed by atoms with van der Waals surface area (Å²) in [5.74, 6) is -0.374. The van der Waals surface area contributed by atoms with Crippen molar-refractivity contribution in [2.45, 2.75) is 6.92 Å². The number of halogens is 2. The van der Waals surface area contributed by atoms with E-state index in [0.717, 1.165) is 11.1 Å². The number of nitrogens with zero attached hydrogens (tertiary/aromatic N) is 2. The van der Waals surface area contributed by atoms with E-state index in [1.165, 1.54) is 0 Å². The van der Waals surface area contributed by atoms with Gasteiger partial charge in [0.1, 0.15) is 5.69 Å². The molecule has 126 valence electrons. The molecule has 5 nitrogen and oxygen atoms in total. The monoisotopic (exact) mass is 372 g/mol. The van der Waals surface area contributed by atoms with E-state index in [9.17, 15) is 4.79 Å². The molecule has 0 saturated carbocycles. The molecule has 0 unspecified atom stereocenters. The molecule has 0 aliphatic carbocycles. The molecule has 0 aliphatic heterocycles. The van der Waals surface area contributed by atoms with Crippen LogP contribution in [0, 0.1) is 0 Å². The lowest BCUT2D eigenvalue weighted by Crippen LogP contribution is -2.19. The number of carbonyl (C=O) groups excluding carboxylic acids is 1. The van der Waals surface area contributed by atoms with Crippen molar-refractivity contribution < 1.29 is 4.79 Å². The van der Waals surface area contributed by atoms with Crippen molar-refractivity contribution in [2.24, 2.45) is 5.10 Å². The molecule has 0 radical (unpaired) electrons. The van der Waals surface area contributed by atoms with Crippen LogP contribution in [0.25, 0.3) is 11.3 Å². The predicted molar refractivity (Wildman–Crippen MR) is 100 cm³/mol. The van der Waals surface area contributed by atoms with E-state index in [1.807, 2.05) is 24.3 Å². The SMILES string of the molecule is C/C(=N/NC(=O)c1cc(-c2ccc(Cl)cc2)n[nH]1)c1ccc(Cl)cc1. The fraction of sp³-hybridized carbons (Fsp3) is 0.0556. The van der Waals surface area contributed by atoms with Gasteiger partial charge in [-0.05, 0) is 42.8 Å². The quantitative estimate of drug-likeness (QED) is 0.521. The standard InChI is InChI=1S/C18H14Cl2N4O/c1-11(12-2-6-14(19)7-3-12)21-24-18(25)17-10-16(22-23-17)13-4-8-15(20)9-5-13/h2-10H,1H3,(H,22,23)(H,24,25)/b21-11-. The number of carbonyl (C=O) groups is 1. The fourth-order valence-corrected chi connectivity index (χ4v) is 2.41. The predicted octanol–water partition coefficient (Wildman–Crippen LogP) is 4.54. The number of rotatable bonds is 4. The van der Waals surface area contributed by atoms with E-state index in [1.54, 1.807) is 37.3 Å². The summed E-state index contributed by atoms with van der Waals surface area (Å²) < 4.78 is 0. The highest BCUT2D eigenvalue weighted by atomic mass is 35.5. The molecule has 3 rings (SSSR count). The van der Waals surface area contributed by atoms with E-state index < -0.39 is 0 Å². The molecule has 25 heavy (non-hydrogen) atoms. The molecule has 1 heterocycles. The van der Waals surface area contributed by atoms with Gasteiger partial charge in [0.25, 0.3) is 5.91 Å². The summed E-state index contributed by atoms with van der Waals surface area (Å²) in [5, 5.41) is 12.2. The van der Waals surface area contributed by atoms with E-state index in [4.69, 9.17) is 23.2 Å². The molecule has 3 aromatic rings. The number of hydrazone groups is 1. The van der Waals surface area contributed by atoms with Crippen molar-refractivity contribution in [1.82, 2.24) is 15.6 Å². The van der Waals surface area contributed by atoms with Crippen LogP contribution in [0.1, 0.15) is 23.0 Å². The van der Waals surface area contributed by atoms with E-state index in [2.05, 4.69) is 20.7 Å². The van der Waals surface area contributed by atoms with Crippen LogP contribution in [0.15, 0.2) is 59.7 Å². The molecule has 0 aliphatic rings. The zero-order valence-corrected chi connectivity index (χ0v) is 14.8. The lowest BCUT2D eigenvalue weighted by Gasteiger charge is -2.02. The van der Waals surface area contributed by atoms with Crippen LogP contribution in [0.2, 0.25) is 10.0 Å². The number of hydrogen-bond acceptors (Lipinski definition) is 3. The van der Waals surface area contributed by atoms with Crippen molar-refractivity contribution in [3.63, 3.8) is 0 Å². The fourth-order valence-electron chi connectivity index (χ4n) is 2.16. The summed E-state index contributed by atoms with van der Waals surface area (Å²) >= 11 is 11.7. The lowest BCUT2D eigenvalue weighted by atomic mass is 10.1. The van der Waals surface area contributed by atoms with Gasteiger partial charge in [-0.25, -0.2) is 5.43 Å². The topological polar surface area (TPSA) is 70.1 Å². The zero-order chi connectivity index (χ0) is 17.8. The molecule has 0 bridgehead atoms. The highest BCUT2D eigenvalue weighted by Crippen LogP contribution is 2.20. The smallest absolute Gasteiger partial charge is 0.272 e. The second kappa shape index (κ2) is 7.51. The van der Waals surface area contributed by atoms with E-state index >= 15 is 0 Å². The number of amides is 1. The highest BCUT2D eigenvalue weighted by Gasteiger charge is 2.11. The van der Waals surface area contributed by atoms with Gasteiger partial charge in [-0.2, -0.15) is 10.2 Å². The average molecular weight is 373 g/mol. The second-order valence-electron chi connectivity index (χ2n) is 5.32. The Kier molecular flexibility index (Phi) is 5.16. The Balaban J connectivity index is 1.70. The summed E-state index contributed by atoms with van der Waals surface area (Å²) in [5.41, 5.74) is 5.88. The molecular formula is C18H14Cl2N4O. The van der Waals surface area contributed by atoms with Crippen molar-refractivity contribution in [3.8, 4) is 11.3 Å². The van der Waals surface area contributed by atoms with Gasteiger partial charge in [0.2, 0.25) is 0 Å². The molecule has 0 atom stereocenters. The normalized spacial score (nSPS) is 11.4. The van der Waals surface area contributed by atoms with Gasteiger partial charge >= 0.3 is 0 Å². The molecule has 2 aromatic carbocycles. The van der Waals surface area contributed by atoms with Crippen molar-refractivity contribution in [2.75, 3.05) is 0 Å². The summed E-state index contributed by atoms with van der Waals surface area (Å²) in [7, 11) is 0. The van der Waals surface area contributed by atoms with Crippen molar-refractivity contribution >= 4 is 34.8 Å². The Morgan fingerprint density at radius 1 is 1.04 bits per heavy atom. The molecular weight excluding hydrogens is 359 g/mol. The zero-order valence-electron chi connectivity index (χ0n) is 13.3. The van der Waals surface area contributed by atoms with Crippen LogP contribution in [0.3, 0.4) is 0 Å². The molecule has 1 aromatic heterocycles. The van der Waals surface area contributed by atoms with E-state index in [0.29, 0.717) is 27.1 Å². The Labute approximate surface area is 154 Å². The minimum atomic E-state index is -0.374. The first kappa shape index (κ1) is 17.2. The number of H-pyrrole nitrogens is 1. The van der Waals surface area contributed by atoms with Crippen LogP contribution < -0.4 is 5.43 Å². The minimum Gasteiger partial charge on any atom is -0.272 e. The number of aromatic nitrogens is 2. The van der Waals surface area contributed by atoms with Crippen LogP contribution >= 0.6 is 23.2 Å². The third-order valence-electron chi connectivity index (χ3n) is 3.55. The van der Waals surface area contributed by atoms with Gasteiger partial charge in [0.15, 0.2) is 0 Å². The lowest BCUT2D eigenvalue weighted by molar-refractivity contribution is 0.0950. The van der Waals surface area contributed by atoms with Crippen LogP contribution in [0.5, 0.6) is 0 Å². The van der Waals surface area contributed by atoms with Crippen molar-refractivity contribution in [1.29, 1.82) is 0 Å². The van der Waals surface area contributed by atoms with Gasteiger partial charge in [-0.3, -0.25) is 9.89 Å². The first-order valence-corrected chi connectivity index (χ1v) is 8.20. The van der Waals surface area contributed by atoms with Crippen LogP contribution in [-0.4, -0.2) is 21.8 Å². The Morgan fingerprint density at radius 2 is 1.64 bits per heavy atom. The number of benzene rings is 2. The molecule has 2 N–H and O–H groups in total. The molecule has 1 amide bonds. The van der Waals surface area contributed by atoms with Gasteiger partial charge in [-0.15, -0.1) is 0 Å². The molecule has 0 saturated heterocycles. The molecule has 0 spiro atoms. The van der Waals surface area contributed by atoms with E-state index in [-0.39, 0.29) is 5.91 Å². The third-order valence-corrected chi connectivity index (χ3v) is 4.05. The Morgan fingerprint density at radius 3 is 2.28 bits per heavy atom. The van der Waals surface area contributed by atoms with Gasteiger partial charge in [-0.1, -0.05) is 47.5 Å². The summed E-state index contributed by atoms with van der Waals surface area (Å²) in [6, 6.07) is 16.1. The Hall–Kier alpha value is -2.63. The summed E-state index contributed by atoms with van der Waals surface area (Å²) in [6.07, 6.45) is 0. The maximum Gasteiger partial charge on any atom is 0.289 e. The second-order valence-corrected chi connectivity index (χ2v) is 6.19. The third kappa shape index (κ3) is 4.26. The average Bonchev–Trinajstić information content (AvgIpc) is 3.11. The highest BCUT2D eigenvalue weighted by molar-refractivity contribution is 6.31. The van der Waals surface area contributed by atoms with Gasteiger partial charge in [0.05, 0.1) is 11.4 Å². The van der Waals surface area contributed by atoms with Crippen molar-refractivity contribution in [3.05, 3.63) is 75.9 Å².